The molecule has 0 bridgehead atoms. The average molecular weight is 247 g/mol. The number of β-amino-alcohol motifs (C(OH)–C–C–N with tert-alkyl or cyclic N) is 1. The van der Waals surface area contributed by atoms with E-state index in [1.807, 2.05) is 6.07 Å². The van der Waals surface area contributed by atoms with Crippen LogP contribution >= 0.6 is 0 Å². The molecule has 0 saturated heterocycles. The van der Waals surface area contributed by atoms with E-state index in [9.17, 15) is 9.90 Å². The fourth-order valence-corrected chi connectivity index (χ4v) is 1.34. The summed E-state index contributed by atoms with van der Waals surface area (Å²) in [6, 6.07) is 8.64. The highest BCUT2D eigenvalue weighted by atomic mass is 16.3. The van der Waals surface area contributed by atoms with Gasteiger partial charge in [0.2, 0.25) is 5.91 Å². The van der Waals surface area contributed by atoms with E-state index in [2.05, 4.69) is 5.32 Å². The molecule has 1 aromatic rings. The maximum Gasteiger partial charge on any atom is 0.237 e. The standard InChI is InChI=1S/C13H17N3O2/c1-13(2,12(15)18)16-8-11(17)10-5-3-9(7-14)4-6-10/h3-6,11,16-17H,8H2,1-2H3,(H2,15,18). The van der Waals surface area contributed by atoms with Gasteiger partial charge >= 0.3 is 0 Å². The van der Waals surface area contributed by atoms with Gasteiger partial charge in [-0.15, -0.1) is 0 Å². The Kier molecular flexibility index (Phi) is 4.43. The van der Waals surface area contributed by atoms with Gasteiger partial charge in [-0.1, -0.05) is 12.1 Å². The summed E-state index contributed by atoms with van der Waals surface area (Å²) in [4.78, 5) is 11.1. The van der Waals surface area contributed by atoms with E-state index in [0.29, 0.717) is 11.1 Å². The van der Waals surface area contributed by atoms with Crippen molar-refractivity contribution in [1.82, 2.24) is 5.32 Å². The molecule has 1 unspecified atom stereocenters. The smallest absolute Gasteiger partial charge is 0.237 e. The Labute approximate surface area is 106 Å². The zero-order chi connectivity index (χ0) is 13.8. The molecular weight excluding hydrogens is 230 g/mol. The third kappa shape index (κ3) is 3.55. The Balaban J connectivity index is 2.63. The molecule has 1 aromatic carbocycles. The average Bonchev–Trinajstić information content (AvgIpc) is 2.36. The second kappa shape index (κ2) is 5.63. The maximum atomic E-state index is 11.1. The first-order valence-corrected chi connectivity index (χ1v) is 5.60. The van der Waals surface area contributed by atoms with Crippen LogP contribution in [0.15, 0.2) is 24.3 Å². The number of primary amides is 1. The third-order valence-corrected chi connectivity index (χ3v) is 2.78. The number of benzene rings is 1. The molecule has 0 aliphatic carbocycles. The minimum absolute atomic E-state index is 0.210. The van der Waals surface area contributed by atoms with E-state index < -0.39 is 17.6 Å². The highest BCUT2D eigenvalue weighted by Crippen LogP contribution is 2.14. The van der Waals surface area contributed by atoms with Crippen molar-refractivity contribution in [2.24, 2.45) is 5.73 Å². The molecule has 0 fully saturated rings. The summed E-state index contributed by atoms with van der Waals surface area (Å²) in [5.74, 6) is -0.477. The molecule has 0 aliphatic heterocycles. The molecule has 18 heavy (non-hydrogen) atoms. The van der Waals surface area contributed by atoms with Crippen molar-refractivity contribution in [1.29, 1.82) is 5.26 Å². The van der Waals surface area contributed by atoms with Crippen LogP contribution in [0.3, 0.4) is 0 Å². The Hall–Kier alpha value is -1.90. The molecule has 5 nitrogen and oxygen atoms in total. The molecule has 1 rings (SSSR count). The number of hydrogen-bond acceptors (Lipinski definition) is 4. The van der Waals surface area contributed by atoms with E-state index in [4.69, 9.17) is 11.0 Å². The first-order chi connectivity index (χ1) is 8.36. The molecule has 4 N–H and O–H groups in total. The largest absolute Gasteiger partial charge is 0.387 e. The van der Waals surface area contributed by atoms with Gasteiger partial charge in [-0.3, -0.25) is 4.79 Å². The van der Waals surface area contributed by atoms with Crippen molar-refractivity contribution in [3.63, 3.8) is 0 Å². The van der Waals surface area contributed by atoms with Crippen molar-refractivity contribution in [2.75, 3.05) is 6.54 Å². The minimum atomic E-state index is -0.867. The lowest BCUT2D eigenvalue weighted by atomic mass is 10.0. The Morgan fingerprint density at radius 3 is 2.50 bits per heavy atom. The Morgan fingerprint density at radius 2 is 2.06 bits per heavy atom. The van der Waals surface area contributed by atoms with E-state index in [1.54, 1.807) is 38.1 Å². The number of aliphatic hydroxyl groups excluding tert-OH is 1. The zero-order valence-electron chi connectivity index (χ0n) is 10.5. The van der Waals surface area contributed by atoms with Gasteiger partial charge in [-0.2, -0.15) is 5.26 Å². The summed E-state index contributed by atoms with van der Waals surface area (Å²) in [5.41, 5.74) is 5.57. The van der Waals surface area contributed by atoms with Gasteiger partial charge in [0.25, 0.3) is 0 Å². The van der Waals surface area contributed by atoms with Crippen molar-refractivity contribution in [2.45, 2.75) is 25.5 Å². The normalized spacial score (nSPS) is 12.8. The first-order valence-electron chi connectivity index (χ1n) is 5.60. The molecule has 0 spiro atoms. The van der Waals surface area contributed by atoms with Crippen LogP contribution in [0.5, 0.6) is 0 Å². The fourth-order valence-electron chi connectivity index (χ4n) is 1.34. The van der Waals surface area contributed by atoms with Crippen LogP contribution in [0.1, 0.15) is 31.1 Å². The summed E-state index contributed by atoms with van der Waals surface area (Å²) in [7, 11) is 0. The molecule has 1 atom stereocenters. The fraction of sp³-hybridized carbons (Fsp3) is 0.385. The van der Waals surface area contributed by atoms with Crippen LogP contribution in [0, 0.1) is 11.3 Å². The number of hydrogen-bond donors (Lipinski definition) is 3. The second-order valence-electron chi connectivity index (χ2n) is 4.62. The van der Waals surface area contributed by atoms with Crippen molar-refractivity contribution in [3.8, 4) is 6.07 Å². The van der Waals surface area contributed by atoms with E-state index in [-0.39, 0.29) is 6.54 Å². The van der Waals surface area contributed by atoms with Gasteiger partial charge < -0.3 is 16.2 Å². The molecule has 0 saturated carbocycles. The highest BCUT2D eigenvalue weighted by Gasteiger charge is 2.25. The number of nitrogens with two attached hydrogens (primary N) is 1. The van der Waals surface area contributed by atoms with Gasteiger partial charge in [-0.05, 0) is 31.5 Å². The van der Waals surface area contributed by atoms with Crippen molar-refractivity contribution >= 4 is 5.91 Å². The second-order valence-corrected chi connectivity index (χ2v) is 4.62. The molecule has 0 aromatic heterocycles. The predicted molar refractivity (Wildman–Crippen MR) is 67.4 cm³/mol. The quantitative estimate of drug-likeness (QED) is 0.703. The van der Waals surface area contributed by atoms with Crippen LogP contribution in [0.4, 0.5) is 0 Å². The summed E-state index contributed by atoms with van der Waals surface area (Å²) >= 11 is 0. The number of carbonyl (C=O) groups is 1. The van der Waals surface area contributed by atoms with Crippen LogP contribution in [0.25, 0.3) is 0 Å². The number of rotatable bonds is 5. The van der Waals surface area contributed by atoms with Crippen molar-refractivity contribution in [3.05, 3.63) is 35.4 Å². The van der Waals surface area contributed by atoms with Crippen LogP contribution < -0.4 is 11.1 Å². The van der Waals surface area contributed by atoms with Gasteiger partial charge in [0, 0.05) is 6.54 Å². The van der Waals surface area contributed by atoms with Gasteiger partial charge in [0.05, 0.1) is 23.3 Å². The Morgan fingerprint density at radius 1 is 1.50 bits per heavy atom. The summed E-state index contributed by atoms with van der Waals surface area (Å²) in [5, 5.41) is 21.5. The number of amides is 1. The van der Waals surface area contributed by atoms with Crippen molar-refractivity contribution < 1.29 is 9.90 Å². The van der Waals surface area contributed by atoms with E-state index in [1.165, 1.54) is 0 Å². The van der Waals surface area contributed by atoms with E-state index >= 15 is 0 Å². The van der Waals surface area contributed by atoms with Crippen LogP contribution in [0.2, 0.25) is 0 Å². The number of nitrogens with zero attached hydrogens (tertiary/aromatic N) is 1. The summed E-state index contributed by atoms with van der Waals surface area (Å²) in [6.45, 7) is 3.52. The maximum absolute atomic E-state index is 11.1. The first kappa shape index (κ1) is 14.2. The van der Waals surface area contributed by atoms with E-state index in [0.717, 1.165) is 0 Å². The minimum Gasteiger partial charge on any atom is -0.387 e. The zero-order valence-corrected chi connectivity index (χ0v) is 10.5. The monoisotopic (exact) mass is 247 g/mol. The number of aliphatic hydroxyl groups is 1. The lowest BCUT2D eigenvalue weighted by molar-refractivity contribution is -0.123. The Bertz CT molecular complexity index is 460. The molecule has 0 heterocycles. The number of carbonyl (C=O) groups excluding carboxylic acids is 1. The molecule has 0 radical (unpaired) electrons. The predicted octanol–water partition coefficient (Wildman–Crippen LogP) is 0.445. The molecule has 96 valence electrons. The topological polar surface area (TPSA) is 99.1 Å². The number of nitrogens with one attached hydrogen (secondary N) is 1. The highest BCUT2D eigenvalue weighted by molar-refractivity contribution is 5.83. The van der Waals surface area contributed by atoms with Crippen LogP contribution in [-0.4, -0.2) is 23.1 Å². The molecular formula is C13H17N3O2. The summed E-state index contributed by atoms with van der Waals surface area (Å²) in [6.07, 6.45) is -0.753. The lowest BCUT2D eigenvalue weighted by Gasteiger charge is -2.24. The van der Waals surface area contributed by atoms with Crippen LogP contribution in [-0.2, 0) is 4.79 Å². The summed E-state index contributed by atoms with van der Waals surface area (Å²) < 4.78 is 0. The molecule has 1 amide bonds. The number of nitriles is 1. The van der Waals surface area contributed by atoms with Gasteiger partial charge in [0.1, 0.15) is 0 Å². The lowest BCUT2D eigenvalue weighted by Crippen LogP contribution is -2.51. The third-order valence-electron chi connectivity index (χ3n) is 2.78. The molecule has 0 aliphatic rings. The SMILES string of the molecule is CC(C)(NCC(O)c1ccc(C#N)cc1)C(N)=O. The van der Waals surface area contributed by atoms with Gasteiger partial charge in [-0.25, -0.2) is 0 Å². The molecule has 5 heteroatoms. The van der Waals surface area contributed by atoms with Gasteiger partial charge in [0.15, 0.2) is 0 Å².